The predicted octanol–water partition coefficient (Wildman–Crippen LogP) is 4.47. The molecule has 0 saturated carbocycles. The van der Waals surface area contributed by atoms with Crippen LogP contribution in [0.5, 0.6) is 5.75 Å². The molecule has 0 bridgehead atoms. The molecule has 0 saturated heterocycles. The second kappa shape index (κ2) is 8.65. The highest BCUT2D eigenvalue weighted by Gasteiger charge is 2.25. The number of hydrogen-bond acceptors (Lipinski definition) is 7. The van der Waals surface area contributed by atoms with Crippen LogP contribution in [0.3, 0.4) is 0 Å². The van der Waals surface area contributed by atoms with E-state index >= 15 is 0 Å². The Morgan fingerprint density at radius 3 is 2.41 bits per heavy atom. The Balaban J connectivity index is 1.59. The Hall–Kier alpha value is -4.59. The first-order chi connectivity index (χ1) is 15.4. The summed E-state index contributed by atoms with van der Waals surface area (Å²) in [7, 11) is 0. The second-order valence-corrected chi connectivity index (χ2v) is 6.93. The molecular formula is C24H16N2O6. The van der Waals surface area contributed by atoms with Crippen molar-refractivity contribution in [3.8, 4) is 5.75 Å². The summed E-state index contributed by atoms with van der Waals surface area (Å²) in [6.45, 7) is 1.92. The van der Waals surface area contributed by atoms with Gasteiger partial charge in [0.25, 0.3) is 5.69 Å². The van der Waals surface area contributed by atoms with Crippen molar-refractivity contribution in [2.75, 3.05) is 0 Å². The van der Waals surface area contributed by atoms with E-state index in [0.717, 1.165) is 5.56 Å². The van der Waals surface area contributed by atoms with E-state index in [1.165, 1.54) is 30.3 Å². The number of carbonyl (C=O) groups is 2. The maximum Gasteiger partial charge on any atom is 0.363 e. The number of ether oxygens (including phenoxy) is 2. The number of aryl methyl sites for hydroxylation is 1. The van der Waals surface area contributed by atoms with E-state index in [0.29, 0.717) is 16.7 Å². The molecule has 0 aliphatic carbocycles. The van der Waals surface area contributed by atoms with Gasteiger partial charge in [-0.25, -0.2) is 14.6 Å². The van der Waals surface area contributed by atoms with Gasteiger partial charge in [0.1, 0.15) is 5.75 Å². The highest BCUT2D eigenvalue weighted by atomic mass is 16.6. The van der Waals surface area contributed by atoms with Crippen molar-refractivity contribution in [3.63, 3.8) is 0 Å². The minimum Gasteiger partial charge on any atom is -0.422 e. The number of nitro benzene ring substituents is 1. The summed E-state index contributed by atoms with van der Waals surface area (Å²) < 4.78 is 10.7. The maximum absolute atomic E-state index is 12.5. The van der Waals surface area contributed by atoms with Crippen LogP contribution in [0.15, 0.2) is 83.5 Å². The molecule has 0 fully saturated rings. The fourth-order valence-corrected chi connectivity index (χ4v) is 2.95. The zero-order valence-corrected chi connectivity index (χ0v) is 16.8. The average molecular weight is 428 g/mol. The van der Waals surface area contributed by atoms with E-state index in [1.54, 1.807) is 36.4 Å². The van der Waals surface area contributed by atoms with Gasteiger partial charge in [-0.1, -0.05) is 35.9 Å². The molecular weight excluding hydrogens is 412 g/mol. The number of cyclic esters (lactones) is 1. The Morgan fingerprint density at radius 1 is 1.03 bits per heavy atom. The van der Waals surface area contributed by atoms with Gasteiger partial charge in [0.2, 0.25) is 5.90 Å². The maximum atomic E-state index is 12.5. The number of hydrogen-bond donors (Lipinski definition) is 0. The monoisotopic (exact) mass is 428 g/mol. The molecule has 8 heteroatoms. The smallest absolute Gasteiger partial charge is 0.363 e. The van der Waals surface area contributed by atoms with Gasteiger partial charge in [0.15, 0.2) is 5.70 Å². The molecule has 0 radical (unpaired) electrons. The van der Waals surface area contributed by atoms with Crippen molar-refractivity contribution < 1.29 is 24.0 Å². The van der Waals surface area contributed by atoms with Gasteiger partial charge in [-0.3, -0.25) is 10.1 Å². The van der Waals surface area contributed by atoms with Crippen LogP contribution in [0.25, 0.3) is 6.08 Å². The van der Waals surface area contributed by atoms with Crippen LogP contribution in [0.2, 0.25) is 0 Å². The van der Waals surface area contributed by atoms with Crippen LogP contribution >= 0.6 is 0 Å². The summed E-state index contributed by atoms with van der Waals surface area (Å²) >= 11 is 0. The number of para-hydroxylation sites is 1. The molecule has 32 heavy (non-hydrogen) atoms. The molecule has 8 nitrogen and oxygen atoms in total. The van der Waals surface area contributed by atoms with Crippen molar-refractivity contribution >= 4 is 29.6 Å². The molecule has 4 rings (SSSR count). The van der Waals surface area contributed by atoms with Crippen LogP contribution in [-0.2, 0) is 9.53 Å². The van der Waals surface area contributed by atoms with Crippen molar-refractivity contribution in [1.29, 1.82) is 0 Å². The minimum atomic E-state index is -0.682. The van der Waals surface area contributed by atoms with Gasteiger partial charge in [0, 0.05) is 23.3 Å². The van der Waals surface area contributed by atoms with Gasteiger partial charge in [-0.2, -0.15) is 0 Å². The standard InChI is InChI=1S/C24H16N2O6/c1-15-6-8-17(9-7-15)23(27)31-21-5-3-2-4-18(21)14-20-24(28)32-22(25-20)16-10-12-19(13-11-16)26(29)30/h2-14H,1H3/b20-14+. The first-order valence-corrected chi connectivity index (χ1v) is 9.56. The predicted molar refractivity (Wildman–Crippen MR) is 116 cm³/mol. The largest absolute Gasteiger partial charge is 0.422 e. The minimum absolute atomic E-state index is 0.0113. The van der Waals surface area contributed by atoms with Gasteiger partial charge in [0.05, 0.1) is 10.5 Å². The fraction of sp³-hybridized carbons (Fsp3) is 0.0417. The summed E-state index contributed by atoms with van der Waals surface area (Å²) in [5.74, 6) is -0.916. The zero-order valence-electron chi connectivity index (χ0n) is 16.8. The summed E-state index contributed by atoms with van der Waals surface area (Å²) in [5.41, 5.74) is 2.24. The Kier molecular flexibility index (Phi) is 5.59. The van der Waals surface area contributed by atoms with Gasteiger partial charge >= 0.3 is 11.9 Å². The highest BCUT2D eigenvalue weighted by Crippen LogP contribution is 2.26. The SMILES string of the molecule is Cc1ccc(C(=O)Oc2ccccc2/C=C2/N=C(c3ccc([N+](=O)[O-])cc3)OC2=O)cc1. The zero-order chi connectivity index (χ0) is 22.7. The van der Waals surface area contributed by atoms with Gasteiger partial charge in [-0.05, 0) is 43.3 Å². The normalized spacial score (nSPS) is 14.1. The number of rotatable bonds is 5. The van der Waals surface area contributed by atoms with Crippen molar-refractivity contribution in [2.24, 2.45) is 4.99 Å². The lowest BCUT2D eigenvalue weighted by Crippen LogP contribution is -2.09. The molecule has 0 spiro atoms. The van der Waals surface area contributed by atoms with Crippen LogP contribution in [0, 0.1) is 17.0 Å². The van der Waals surface area contributed by atoms with Crippen LogP contribution in [0.4, 0.5) is 5.69 Å². The molecule has 0 atom stereocenters. The van der Waals surface area contributed by atoms with Crippen LogP contribution in [-0.4, -0.2) is 22.8 Å². The van der Waals surface area contributed by atoms with E-state index < -0.39 is 16.9 Å². The Morgan fingerprint density at radius 2 is 1.72 bits per heavy atom. The third-order valence-electron chi connectivity index (χ3n) is 4.65. The van der Waals surface area contributed by atoms with Crippen molar-refractivity contribution in [3.05, 3.63) is 111 Å². The first-order valence-electron chi connectivity index (χ1n) is 9.56. The Bertz CT molecular complexity index is 1270. The van der Waals surface area contributed by atoms with E-state index in [2.05, 4.69) is 4.99 Å². The quantitative estimate of drug-likeness (QED) is 0.195. The molecule has 3 aromatic carbocycles. The Labute approximate surface area is 182 Å². The molecule has 3 aromatic rings. The van der Waals surface area contributed by atoms with Crippen molar-refractivity contribution in [2.45, 2.75) is 6.92 Å². The molecule has 0 unspecified atom stereocenters. The summed E-state index contributed by atoms with van der Waals surface area (Å²) in [5, 5.41) is 10.8. The molecule has 0 N–H and O–H groups in total. The van der Waals surface area contributed by atoms with Crippen molar-refractivity contribution in [1.82, 2.24) is 0 Å². The highest BCUT2D eigenvalue weighted by molar-refractivity contribution is 6.13. The molecule has 158 valence electrons. The third kappa shape index (κ3) is 4.44. The number of benzene rings is 3. The average Bonchev–Trinajstić information content (AvgIpc) is 3.15. The topological polar surface area (TPSA) is 108 Å². The number of non-ortho nitro benzene ring substituents is 1. The first kappa shape index (κ1) is 20.7. The molecule has 0 amide bonds. The van der Waals surface area contributed by atoms with Gasteiger partial charge in [-0.15, -0.1) is 0 Å². The fourth-order valence-electron chi connectivity index (χ4n) is 2.95. The van der Waals surface area contributed by atoms with Crippen LogP contribution in [0.1, 0.15) is 27.0 Å². The van der Waals surface area contributed by atoms with E-state index in [9.17, 15) is 19.7 Å². The summed E-state index contributed by atoms with van der Waals surface area (Å²) in [6, 6.07) is 19.2. The molecule has 1 heterocycles. The number of nitro groups is 1. The molecule has 1 aliphatic heterocycles. The van der Waals surface area contributed by atoms with Crippen LogP contribution < -0.4 is 4.74 Å². The lowest BCUT2D eigenvalue weighted by atomic mass is 10.1. The number of nitrogens with zero attached hydrogens (tertiary/aromatic N) is 2. The number of esters is 2. The number of aliphatic imine (C=N–C) groups is 1. The summed E-state index contributed by atoms with van der Waals surface area (Å²) in [6.07, 6.45) is 1.46. The van der Waals surface area contributed by atoms with E-state index in [4.69, 9.17) is 9.47 Å². The number of carbonyl (C=O) groups excluding carboxylic acids is 2. The van der Waals surface area contributed by atoms with E-state index in [-0.39, 0.29) is 23.0 Å². The molecule has 0 aromatic heterocycles. The lowest BCUT2D eigenvalue weighted by molar-refractivity contribution is -0.384. The molecule has 1 aliphatic rings. The second-order valence-electron chi connectivity index (χ2n) is 6.93. The van der Waals surface area contributed by atoms with E-state index in [1.807, 2.05) is 19.1 Å². The lowest BCUT2D eigenvalue weighted by Gasteiger charge is -2.07. The summed E-state index contributed by atoms with van der Waals surface area (Å²) in [4.78, 5) is 39.3. The third-order valence-corrected chi connectivity index (χ3v) is 4.65. The van der Waals surface area contributed by atoms with Gasteiger partial charge < -0.3 is 9.47 Å².